The van der Waals surface area contributed by atoms with E-state index >= 15 is 0 Å². The van der Waals surface area contributed by atoms with Crippen molar-refractivity contribution in [2.24, 2.45) is 5.92 Å². The maximum absolute atomic E-state index is 12.7. The smallest absolute Gasteiger partial charge is 0.407 e. The van der Waals surface area contributed by atoms with Crippen molar-refractivity contribution >= 4 is 23.6 Å². The molecule has 7 nitrogen and oxygen atoms in total. The Labute approximate surface area is 164 Å². The van der Waals surface area contributed by atoms with E-state index in [9.17, 15) is 14.4 Å². The Kier molecular flexibility index (Phi) is 5.07. The molecule has 2 heterocycles. The molecule has 2 atom stereocenters. The second kappa shape index (κ2) is 7.66. The summed E-state index contributed by atoms with van der Waals surface area (Å²) in [7, 11) is 0. The van der Waals surface area contributed by atoms with Crippen molar-refractivity contribution in [2.45, 2.75) is 44.2 Å². The number of benzene rings is 1. The summed E-state index contributed by atoms with van der Waals surface area (Å²) in [5.41, 5.74) is 2.12. The number of carboxylic acid groups (broad SMARTS) is 1. The van der Waals surface area contributed by atoms with Crippen molar-refractivity contribution < 1.29 is 19.5 Å². The number of fused-ring (bicyclic) bond motifs is 1. The molecule has 3 amide bonds. The molecule has 28 heavy (non-hydrogen) atoms. The molecule has 4 rings (SSSR count). The maximum atomic E-state index is 12.7. The van der Waals surface area contributed by atoms with Crippen LogP contribution in [0.15, 0.2) is 36.4 Å². The van der Waals surface area contributed by atoms with Crippen LogP contribution in [0.4, 0.5) is 10.5 Å². The van der Waals surface area contributed by atoms with Crippen molar-refractivity contribution in [3.05, 3.63) is 42.0 Å². The fourth-order valence-electron chi connectivity index (χ4n) is 3.92. The Morgan fingerprint density at radius 3 is 2.64 bits per heavy atom. The van der Waals surface area contributed by atoms with Gasteiger partial charge in [0.2, 0.25) is 5.91 Å². The van der Waals surface area contributed by atoms with Gasteiger partial charge in [-0.1, -0.05) is 37.1 Å². The molecule has 2 N–H and O–H groups in total. The maximum Gasteiger partial charge on any atom is 0.407 e. The van der Waals surface area contributed by atoms with Crippen LogP contribution in [0.25, 0.3) is 0 Å². The number of carbonyl (C=O) groups is 3. The predicted octanol–water partition coefficient (Wildman–Crippen LogP) is 2.17. The Balaban J connectivity index is 1.40. The van der Waals surface area contributed by atoms with Crippen molar-refractivity contribution in [1.82, 2.24) is 10.2 Å². The van der Waals surface area contributed by atoms with Crippen molar-refractivity contribution in [3.63, 3.8) is 0 Å². The van der Waals surface area contributed by atoms with Crippen molar-refractivity contribution in [2.75, 3.05) is 18.0 Å². The highest BCUT2D eigenvalue weighted by Gasteiger charge is 2.38. The van der Waals surface area contributed by atoms with Crippen LogP contribution < -0.4 is 10.2 Å². The van der Waals surface area contributed by atoms with Gasteiger partial charge in [0.25, 0.3) is 5.91 Å². The molecule has 0 radical (unpaired) electrons. The SMILES string of the molecule is O=C(N[C@H](C=CC(=O)N1CCc2ccccc21)CC1CC1)[C@@H]1CCN1C(=O)O. The third-order valence-corrected chi connectivity index (χ3v) is 5.80. The molecular weight excluding hydrogens is 358 g/mol. The molecule has 2 aliphatic heterocycles. The lowest BCUT2D eigenvalue weighted by molar-refractivity contribution is -0.130. The summed E-state index contributed by atoms with van der Waals surface area (Å²) in [5, 5.41) is 12.0. The van der Waals surface area contributed by atoms with Gasteiger partial charge in [-0.05, 0) is 36.8 Å². The number of para-hydroxylation sites is 1. The van der Waals surface area contributed by atoms with Gasteiger partial charge in [-0.25, -0.2) is 4.79 Å². The monoisotopic (exact) mass is 383 g/mol. The fraction of sp³-hybridized carbons (Fsp3) is 0.476. The molecule has 3 aliphatic rings. The van der Waals surface area contributed by atoms with Gasteiger partial charge < -0.3 is 15.3 Å². The van der Waals surface area contributed by atoms with Crippen LogP contribution in [-0.2, 0) is 16.0 Å². The molecule has 1 aromatic carbocycles. The molecule has 0 spiro atoms. The highest BCUT2D eigenvalue weighted by atomic mass is 16.4. The summed E-state index contributed by atoms with van der Waals surface area (Å²) in [6.45, 7) is 1.06. The van der Waals surface area contributed by atoms with Gasteiger partial charge >= 0.3 is 6.09 Å². The first-order valence-corrected chi connectivity index (χ1v) is 9.90. The molecule has 0 bridgehead atoms. The van der Waals surface area contributed by atoms with Crippen molar-refractivity contribution in [3.8, 4) is 0 Å². The minimum Gasteiger partial charge on any atom is -0.465 e. The highest BCUT2D eigenvalue weighted by molar-refractivity contribution is 6.03. The molecule has 1 aromatic rings. The van der Waals surface area contributed by atoms with Gasteiger partial charge in [0.15, 0.2) is 0 Å². The number of hydrogen-bond acceptors (Lipinski definition) is 3. The third kappa shape index (κ3) is 3.88. The number of anilines is 1. The lowest BCUT2D eigenvalue weighted by atomic mass is 10.0. The van der Waals surface area contributed by atoms with E-state index in [2.05, 4.69) is 5.32 Å². The molecule has 1 saturated heterocycles. The predicted molar refractivity (Wildman–Crippen MR) is 104 cm³/mol. The van der Waals surface area contributed by atoms with E-state index in [1.165, 1.54) is 5.56 Å². The number of carbonyl (C=O) groups excluding carboxylic acids is 2. The molecule has 2 fully saturated rings. The quantitative estimate of drug-likeness (QED) is 0.737. The minimum absolute atomic E-state index is 0.0872. The Morgan fingerprint density at radius 1 is 1.18 bits per heavy atom. The van der Waals surface area contributed by atoms with Gasteiger partial charge in [-0.3, -0.25) is 14.5 Å². The van der Waals surface area contributed by atoms with Crippen LogP contribution in [0.3, 0.4) is 0 Å². The summed E-state index contributed by atoms with van der Waals surface area (Å²) in [4.78, 5) is 39.2. The van der Waals surface area contributed by atoms with Gasteiger partial charge in [0, 0.05) is 30.9 Å². The summed E-state index contributed by atoms with van der Waals surface area (Å²) >= 11 is 0. The fourth-order valence-corrected chi connectivity index (χ4v) is 3.92. The van der Waals surface area contributed by atoms with Crippen LogP contribution in [0.2, 0.25) is 0 Å². The number of amides is 3. The minimum atomic E-state index is -1.07. The summed E-state index contributed by atoms with van der Waals surface area (Å²) < 4.78 is 0. The molecule has 0 unspecified atom stereocenters. The van der Waals surface area contributed by atoms with E-state index in [1.807, 2.05) is 24.3 Å². The van der Waals surface area contributed by atoms with Crippen LogP contribution in [0.5, 0.6) is 0 Å². The van der Waals surface area contributed by atoms with E-state index < -0.39 is 12.1 Å². The van der Waals surface area contributed by atoms with Crippen LogP contribution in [0.1, 0.15) is 31.2 Å². The normalized spacial score (nSPS) is 21.9. The molecule has 7 heteroatoms. The molecule has 1 aliphatic carbocycles. The number of likely N-dealkylation sites (tertiary alicyclic amines) is 1. The average Bonchev–Trinajstić information content (AvgIpc) is 3.33. The first kappa shape index (κ1) is 18.5. The second-order valence-corrected chi connectivity index (χ2v) is 7.80. The van der Waals surface area contributed by atoms with E-state index in [4.69, 9.17) is 5.11 Å². The Hall–Kier alpha value is -2.83. The molecule has 1 saturated carbocycles. The largest absolute Gasteiger partial charge is 0.465 e. The lowest BCUT2D eigenvalue weighted by Gasteiger charge is -2.37. The second-order valence-electron chi connectivity index (χ2n) is 7.80. The third-order valence-electron chi connectivity index (χ3n) is 5.80. The Morgan fingerprint density at radius 2 is 1.96 bits per heavy atom. The van der Waals surface area contributed by atoms with Gasteiger partial charge in [-0.15, -0.1) is 0 Å². The standard InChI is InChI=1S/C21H25N3O4/c25-19(23-11-9-15-3-1-2-4-17(15)23)8-7-16(13-14-5-6-14)22-20(26)18-10-12-24(18)21(27)28/h1-4,7-8,14,16,18H,5-6,9-13H2,(H,22,26)(H,27,28)/t16-,18+/m1/s1. The lowest BCUT2D eigenvalue weighted by Crippen LogP contribution is -2.59. The van der Waals surface area contributed by atoms with Gasteiger partial charge in [0.05, 0.1) is 0 Å². The number of nitrogens with zero attached hydrogens (tertiary/aromatic N) is 2. The van der Waals surface area contributed by atoms with E-state index in [1.54, 1.807) is 17.1 Å². The first-order valence-electron chi connectivity index (χ1n) is 9.90. The van der Waals surface area contributed by atoms with E-state index in [-0.39, 0.29) is 17.9 Å². The number of rotatable bonds is 6. The van der Waals surface area contributed by atoms with Crippen molar-refractivity contribution in [1.29, 1.82) is 0 Å². The zero-order valence-electron chi connectivity index (χ0n) is 15.7. The highest BCUT2D eigenvalue weighted by Crippen LogP contribution is 2.34. The van der Waals surface area contributed by atoms with Gasteiger partial charge in [0.1, 0.15) is 6.04 Å². The summed E-state index contributed by atoms with van der Waals surface area (Å²) in [6.07, 6.45) is 6.70. The zero-order valence-corrected chi connectivity index (χ0v) is 15.7. The molecule has 148 valence electrons. The zero-order chi connectivity index (χ0) is 19.7. The summed E-state index contributed by atoms with van der Waals surface area (Å²) in [6, 6.07) is 7.03. The van der Waals surface area contributed by atoms with E-state index in [0.717, 1.165) is 36.3 Å². The molecular formula is C21H25N3O4. The van der Waals surface area contributed by atoms with Gasteiger partial charge in [-0.2, -0.15) is 0 Å². The van der Waals surface area contributed by atoms with Crippen LogP contribution in [-0.4, -0.2) is 53.1 Å². The van der Waals surface area contributed by atoms with Crippen LogP contribution in [0, 0.1) is 5.92 Å². The average molecular weight is 383 g/mol. The first-order chi connectivity index (χ1) is 13.5. The van der Waals surface area contributed by atoms with Crippen LogP contribution >= 0.6 is 0 Å². The number of hydrogen-bond donors (Lipinski definition) is 2. The molecule has 0 aromatic heterocycles. The summed E-state index contributed by atoms with van der Waals surface area (Å²) in [5.74, 6) is 0.202. The Bertz CT molecular complexity index is 818. The van der Waals surface area contributed by atoms with E-state index in [0.29, 0.717) is 25.4 Å². The number of nitrogens with one attached hydrogen (secondary N) is 1. The topological polar surface area (TPSA) is 90.0 Å².